The van der Waals surface area contributed by atoms with Crippen LogP contribution in [0.25, 0.3) is 11.3 Å². The first-order valence-electron chi connectivity index (χ1n) is 8.81. The van der Waals surface area contributed by atoms with Gasteiger partial charge in [-0.1, -0.05) is 39.0 Å². The van der Waals surface area contributed by atoms with Crippen molar-refractivity contribution in [1.29, 1.82) is 0 Å². The van der Waals surface area contributed by atoms with E-state index in [-0.39, 0.29) is 16.5 Å². The second-order valence-corrected chi connectivity index (χ2v) is 9.12. The lowest BCUT2D eigenvalue weighted by molar-refractivity contribution is 0.0730. The molecular weight excluding hydrogens is 292 g/mol. The molecule has 3 rings (SSSR count). The first kappa shape index (κ1) is 17.2. The molecule has 0 atom stereocenters. The summed E-state index contributed by atoms with van der Waals surface area (Å²) in [6.45, 7) is 15.9. The maximum Gasteiger partial charge on any atom is 0.0702 e. The van der Waals surface area contributed by atoms with E-state index in [0.717, 1.165) is 5.69 Å². The molecule has 2 nitrogen and oxygen atoms in total. The Hall–Kier alpha value is -1.67. The van der Waals surface area contributed by atoms with Crippen molar-refractivity contribution in [3.05, 3.63) is 53.2 Å². The topological polar surface area (TPSA) is 16.1 Å². The second-order valence-electron chi connectivity index (χ2n) is 9.12. The molecule has 0 spiro atoms. The van der Waals surface area contributed by atoms with E-state index in [0.29, 0.717) is 0 Å². The van der Waals surface area contributed by atoms with Gasteiger partial charge in [0, 0.05) is 22.8 Å². The minimum Gasteiger partial charge on any atom is -0.288 e. The van der Waals surface area contributed by atoms with Crippen molar-refractivity contribution in [1.82, 2.24) is 9.88 Å². The highest BCUT2D eigenvalue weighted by atomic mass is 15.2. The van der Waals surface area contributed by atoms with Gasteiger partial charge in [0.1, 0.15) is 0 Å². The average Bonchev–Trinajstić information content (AvgIpc) is 2.65. The highest BCUT2D eigenvalue weighted by molar-refractivity contribution is 5.63. The van der Waals surface area contributed by atoms with Crippen molar-refractivity contribution in [2.24, 2.45) is 0 Å². The summed E-state index contributed by atoms with van der Waals surface area (Å²) in [5.74, 6) is 0. The SMILES string of the molecule is CN1C(C)(C)c2ccc(-c3ccc(C(C)(C)C)cn3)cc2C1(C)C. The molecule has 0 amide bonds. The van der Waals surface area contributed by atoms with Gasteiger partial charge in [0.25, 0.3) is 0 Å². The zero-order chi connectivity index (χ0) is 17.9. The Morgan fingerprint density at radius 1 is 0.875 bits per heavy atom. The summed E-state index contributed by atoms with van der Waals surface area (Å²) in [6.07, 6.45) is 2.02. The number of pyridine rings is 1. The molecule has 2 aromatic rings. The van der Waals surface area contributed by atoms with Gasteiger partial charge in [0.2, 0.25) is 0 Å². The minimum atomic E-state index is 0.0280. The Kier molecular flexibility index (Phi) is 3.69. The third kappa shape index (κ3) is 2.48. The van der Waals surface area contributed by atoms with Gasteiger partial charge >= 0.3 is 0 Å². The summed E-state index contributed by atoms with van der Waals surface area (Å²) in [5, 5.41) is 0. The van der Waals surface area contributed by atoms with Gasteiger partial charge in [0.15, 0.2) is 0 Å². The quantitative estimate of drug-likeness (QED) is 0.693. The zero-order valence-electron chi connectivity index (χ0n) is 16.4. The van der Waals surface area contributed by atoms with Crippen LogP contribution in [0.5, 0.6) is 0 Å². The molecular formula is C22H30N2. The van der Waals surface area contributed by atoms with E-state index in [1.807, 2.05) is 6.20 Å². The van der Waals surface area contributed by atoms with E-state index >= 15 is 0 Å². The number of aromatic nitrogens is 1. The monoisotopic (exact) mass is 322 g/mol. The Balaban J connectivity index is 2.06. The van der Waals surface area contributed by atoms with Gasteiger partial charge in [-0.15, -0.1) is 0 Å². The number of fused-ring (bicyclic) bond motifs is 1. The highest BCUT2D eigenvalue weighted by Crippen LogP contribution is 2.48. The third-order valence-corrected chi connectivity index (χ3v) is 5.94. The van der Waals surface area contributed by atoms with Crippen molar-refractivity contribution in [2.45, 2.75) is 65.0 Å². The van der Waals surface area contributed by atoms with Crippen LogP contribution in [0.1, 0.15) is 65.2 Å². The first-order valence-corrected chi connectivity index (χ1v) is 8.81. The van der Waals surface area contributed by atoms with Crippen LogP contribution in [0, 0.1) is 0 Å². The molecule has 0 saturated carbocycles. The zero-order valence-corrected chi connectivity index (χ0v) is 16.4. The molecule has 1 aromatic heterocycles. The van der Waals surface area contributed by atoms with Crippen LogP contribution >= 0.6 is 0 Å². The van der Waals surface area contributed by atoms with Crippen molar-refractivity contribution in [2.75, 3.05) is 7.05 Å². The fraction of sp³-hybridized carbons (Fsp3) is 0.500. The lowest BCUT2D eigenvalue weighted by Gasteiger charge is -2.37. The molecule has 1 aliphatic rings. The summed E-state index contributed by atoms with van der Waals surface area (Å²) >= 11 is 0. The highest BCUT2D eigenvalue weighted by Gasteiger charge is 2.46. The lowest BCUT2D eigenvalue weighted by atomic mass is 9.87. The van der Waals surface area contributed by atoms with Crippen LogP contribution in [0.4, 0.5) is 0 Å². The van der Waals surface area contributed by atoms with E-state index in [1.165, 1.54) is 22.3 Å². The van der Waals surface area contributed by atoms with E-state index < -0.39 is 0 Å². The van der Waals surface area contributed by atoms with Gasteiger partial charge < -0.3 is 0 Å². The normalized spacial score (nSPS) is 19.3. The summed E-state index contributed by atoms with van der Waals surface area (Å²) in [5.41, 5.74) is 6.58. The molecule has 0 fully saturated rings. The fourth-order valence-electron chi connectivity index (χ4n) is 3.81. The number of rotatable bonds is 1. The van der Waals surface area contributed by atoms with Crippen LogP contribution in [0.3, 0.4) is 0 Å². The van der Waals surface area contributed by atoms with Crippen LogP contribution < -0.4 is 0 Å². The molecule has 0 bridgehead atoms. The van der Waals surface area contributed by atoms with Gasteiger partial charge in [-0.3, -0.25) is 9.88 Å². The van der Waals surface area contributed by atoms with Crippen LogP contribution in [0.2, 0.25) is 0 Å². The van der Waals surface area contributed by atoms with Crippen LogP contribution in [0.15, 0.2) is 36.5 Å². The van der Waals surface area contributed by atoms with Crippen molar-refractivity contribution >= 4 is 0 Å². The maximum absolute atomic E-state index is 4.73. The average molecular weight is 322 g/mol. The summed E-state index contributed by atoms with van der Waals surface area (Å²) in [6, 6.07) is 11.2. The van der Waals surface area contributed by atoms with Crippen LogP contribution in [-0.4, -0.2) is 16.9 Å². The Morgan fingerprint density at radius 3 is 2.04 bits per heavy atom. The Labute approximate surface area is 146 Å². The summed E-state index contributed by atoms with van der Waals surface area (Å²) in [4.78, 5) is 7.19. The Morgan fingerprint density at radius 2 is 1.50 bits per heavy atom. The Bertz CT molecular complexity index is 762. The lowest BCUT2D eigenvalue weighted by Crippen LogP contribution is -2.42. The van der Waals surface area contributed by atoms with Gasteiger partial charge in [-0.25, -0.2) is 0 Å². The summed E-state index contributed by atoms with van der Waals surface area (Å²) in [7, 11) is 2.22. The largest absolute Gasteiger partial charge is 0.288 e. The molecule has 24 heavy (non-hydrogen) atoms. The third-order valence-electron chi connectivity index (χ3n) is 5.94. The number of nitrogens with zero attached hydrogens (tertiary/aromatic N) is 2. The van der Waals surface area contributed by atoms with Gasteiger partial charge in [-0.2, -0.15) is 0 Å². The van der Waals surface area contributed by atoms with E-state index in [4.69, 9.17) is 4.98 Å². The van der Waals surface area contributed by atoms with Crippen LogP contribution in [-0.2, 0) is 16.5 Å². The standard InChI is InChI=1S/C22H30N2/c1-20(2,3)16-10-12-19(23-14-16)15-9-11-17-18(13-15)22(6,7)24(8)21(17,4)5/h9-14H,1-8H3. The second kappa shape index (κ2) is 5.16. The molecule has 1 aromatic carbocycles. The molecule has 0 N–H and O–H groups in total. The molecule has 128 valence electrons. The minimum absolute atomic E-state index is 0.0280. The van der Waals surface area contributed by atoms with E-state index in [9.17, 15) is 0 Å². The predicted octanol–water partition coefficient (Wildman–Crippen LogP) is 5.46. The van der Waals surface area contributed by atoms with Gasteiger partial charge in [0.05, 0.1) is 5.69 Å². The van der Waals surface area contributed by atoms with Crippen molar-refractivity contribution in [3.63, 3.8) is 0 Å². The van der Waals surface area contributed by atoms with E-state index in [1.54, 1.807) is 0 Å². The molecule has 2 heterocycles. The molecule has 0 unspecified atom stereocenters. The molecule has 0 radical (unpaired) electrons. The number of hydrogen-bond acceptors (Lipinski definition) is 2. The van der Waals surface area contributed by atoms with Crippen molar-refractivity contribution < 1.29 is 0 Å². The molecule has 2 heteroatoms. The smallest absolute Gasteiger partial charge is 0.0702 e. The van der Waals surface area contributed by atoms with E-state index in [2.05, 4.69) is 90.7 Å². The fourth-order valence-corrected chi connectivity index (χ4v) is 3.81. The van der Waals surface area contributed by atoms with Gasteiger partial charge in [-0.05, 0) is 69.0 Å². The number of benzene rings is 1. The van der Waals surface area contributed by atoms with Crippen molar-refractivity contribution in [3.8, 4) is 11.3 Å². The first-order chi connectivity index (χ1) is 11.0. The maximum atomic E-state index is 4.73. The molecule has 0 saturated heterocycles. The molecule has 1 aliphatic heterocycles. The summed E-state index contributed by atoms with van der Waals surface area (Å²) < 4.78 is 0. The predicted molar refractivity (Wildman–Crippen MR) is 102 cm³/mol. The number of hydrogen-bond donors (Lipinski definition) is 0. The molecule has 0 aliphatic carbocycles.